The fraction of sp³-hybridized carbons (Fsp3) is 0. The van der Waals surface area contributed by atoms with E-state index in [0.29, 0.717) is 5.56 Å². The molecule has 1 aromatic heterocycles. The minimum absolute atomic E-state index is 0.679. The molecule has 0 spiro atoms. The van der Waals surface area contributed by atoms with Crippen LogP contribution in [0.5, 0.6) is 0 Å². The molecule has 0 saturated heterocycles. The summed E-state index contributed by atoms with van der Waals surface area (Å²) in [5, 5.41) is 14.4. The maximum absolute atomic E-state index is 9.57. The van der Waals surface area contributed by atoms with Crippen molar-refractivity contribution in [1.82, 2.24) is 4.57 Å². The number of aromatic nitrogens is 1. The molecule has 5 aromatic rings. The van der Waals surface area contributed by atoms with E-state index in [0.717, 1.165) is 16.7 Å². The molecule has 0 N–H and O–H groups in total. The van der Waals surface area contributed by atoms with Crippen molar-refractivity contribution in [2.75, 3.05) is 0 Å². The van der Waals surface area contributed by atoms with Gasteiger partial charge in [-0.1, -0.05) is 54.6 Å². The molecule has 0 radical (unpaired) electrons. The fourth-order valence-corrected chi connectivity index (χ4v) is 3.68. The van der Waals surface area contributed by atoms with Gasteiger partial charge < -0.3 is 4.57 Å². The minimum Gasteiger partial charge on any atom is -0.308 e. The van der Waals surface area contributed by atoms with Crippen molar-refractivity contribution in [3.05, 3.63) is 90.5 Å². The zero-order chi connectivity index (χ0) is 16.8. The maximum atomic E-state index is 9.57. The lowest BCUT2D eigenvalue weighted by molar-refractivity contribution is 1.17. The number of nitrogens with zero attached hydrogens (tertiary/aromatic N) is 2. The molecule has 0 bridgehead atoms. The average Bonchev–Trinajstić information content (AvgIpc) is 2.99. The molecule has 4 aromatic carbocycles. The van der Waals surface area contributed by atoms with E-state index in [9.17, 15) is 5.26 Å². The molecule has 5 rings (SSSR count). The summed E-state index contributed by atoms with van der Waals surface area (Å²) in [6, 6.07) is 31.4. The van der Waals surface area contributed by atoms with Crippen molar-refractivity contribution in [3.8, 4) is 11.8 Å². The second kappa shape index (κ2) is 5.22. The van der Waals surface area contributed by atoms with Gasteiger partial charge in [-0.3, -0.25) is 0 Å². The summed E-state index contributed by atoms with van der Waals surface area (Å²) in [7, 11) is 0. The summed E-state index contributed by atoms with van der Waals surface area (Å²) in [5.41, 5.74) is 3.85. The predicted molar refractivity (Wildman–Crippen MR) is 103 cm³/mol. The summed E-state index contributed by atoms with van der Waals surface area (Å²) < 4.78 is 2.20. The van der Waals surface area contributed by atoms with E-state index < -0.39 is 0 Å². The lowest BCUT2D eigenvalue weighted by Gasteiger charge is -2.10. The van der Waals surface area contributed by atoms with Crippen molar-refractivity contribution in [3.63, 3.8) is 0 Å². The van der Waals surface area contributed by atoms with Gasteiger partial charge in [0.15, 0.2) is 0 Å². The summed E-state index contributed by atoms with van der Waals surface area (Å²) in [5.74, 6) is 0. The first-order valence-electron chi connectivity index (χ1n) is 8.28. The molecule has 2 nitrogen and oxygen atoms in total. The van der Waals surface area contributed by atoms with Crippen molar-refractivity contribution >= 4 is 32.6 Å². The SMILES string of the molecule is N#Cc1ccccc1-n1c2ccccc2c2cc3ccccc3cc21. The second-order valence-corrected chi connectivity index (χ2v) is 6.20. The van der Waals surface area contributed by atoms with Gasteiger partial charge in [-0.2, -0.15) is 5.26 Å². The zero-order valence-corrected chi connectivity index (χ0v) is 13.5. The van der Waals surface area contributed by atoms with Gasteiger partial charge in [0.05, 0.1) is 22.3 Å². The number of hydrogen-bond donors (Lipinski definition) is 0. The van der Waals surface area contributed by atoms with E-state index in [4.69, 9.17) is 0 Å². The van der Waals surface area contributed by atoms with Crippen LogP contribution in [0.4, 0.5) is 0 Å². The highest BCUT2D eigenvalue weighted by Gasteiger charge is 2.14. The summed E-state index contributed by atoms with van der Waals surface area (Å²) >= 11 is 0. The van der Waals surface area contributed by atoms with Crippen molar-refractivity contribution in [2.45, 2.75) is 0 Å². The Kier molecular flexibility index (Phi) is 2.89. The molecule has 1 heterocycles. The predicted octanol–water partition coefficient (Wildman–Crippen LogP) is 5.81. The van der Waals surface area contributed by atoms with Crippen molar-refractivity contribution < 1.29 is 0 Å². The average molecular weight is 318 g/mol. The Bertz CT molecular complexity index is 1300. The van der Waals surface area contributed by atoms with Gasteiger partial charge in [-0.15, -0.1) is 0 Å². The molecule has 116 valence electrons. The highest BCUT2D eigenvalue weighted by atomic mass is 15.0. The van der Waals surface area contributed by atoms with Gasteiger partial charge in [0.1, 0.15) is 6.07 Å². The molecule has 0 unspecified atom stereocenters. The first-order chi connectivity index (χ1) is 12.4. The first kappa shape index (κ1) is 13.8. The number of fused-ring (bicyclic) bond motifs is 4. The Labute approximate surface area is 145 Å². The van der Waals surface area contributed by atoms with Gasteiger partial charge in [0, 0.05) is 10.8 Å². The van der Waals surface area contributed by atoms with E-state index in [2.05, 4.69) is 65.2 Å². The molecular formula is C23H14N2. The second-order valence-electron chi connectivity index (χ2n) is 6.20. The lowest BCUT2D eigenvalue weighted by Crippen LogP contribution is -1.96. The number of para-hydroxylation sites is 2. The molecule has 0 aliphatic heterocycles. The zero-order valence-electron chi connectivity index (χ0n) is 13.5. The molecular weight excluding hydrogens is 304 g/mol. The fourth-order valence-electron chi connectivity index (χ4n) is 3.68. The third kappa shape index (κ3) is 1.96. The standard InChI is InChI=1S/C23H14N2/c24-15-18-9-3-5-11-21(18)25-22-12-6-4-10-19(22)20-13-16-7-1-2-8-17(16)14-23(20)25/h1-14H. The Balaban J connectivity index is 2.03. The highest BCUT2D eigenvalue weighted by Crippen LogP contribution is 2.35. The van der Waals surface area contributed by atoms with Crippen LogP contribution in [0.15, 0.2) is 84.9 Å². The van der Waals surface area contributed by atoms with Crippen LogP contribution in [0.25, 0.3) is 38.3 Å². The first-order valence-corrected chi connectivity index (χ1v) is 8.28. The van der Waals surface area contributed by atoms with Crippen LogP contribution >= 0.6 is 0 Å². The number of rotatable bonds is 1. The van der Waals surface area contributed by atoms with Crippen molar-refractivity contribution in [1.29, 1.82) is 5.26 Å². The molecule has 0 atom stereocenters. The van der Waals surface area contributed by atoms with Gasteiger partial charge in [0.2, 0.25) is 0 Å². The van der Waals surface area contributed by atoms with E-state index >= 15 is 0 Å². The summed E-state index contributed by atoms with van der Waals surface area (Å²) in [6.45, 7) is 0. The van der Waals surface area contributed by atoms with Crippen LogP contribution in [-0.4, -0.2) is 4.57 Å². The molecule has 0 aliphatic rings. The molecule has 2 heteroatoms. The summed E-state index contributed by atoms with van der Waals surface area (Å²) in [6.07, 6.45) is 0. The monoisotopic (exact) mass is 318 g/mol. The Morgan fingerprint density at radius 3 is 2.16 bits per heavy atom. The highest BCUT2D eigenvalue weighted by molar-refractivity contribution is 6.13. The molecule has 0 saturated carbocycles. The smallest absolute Gasteiger partial charge is 0.101 e. The van der Waals surface area contributed by atoms with Crippen LogP contribution < -0.4 is 0 Å². The molecule has 0 aliphatic carbocycles. The molecule has 0 fully saturated rings. The van der Waals surface area contributed by atoms with Gasteiger partial charge in [-0.25, -0.2) is 0 Å². The largest absolute Gasteiger partial charge is 0.308 e. The summed E-state index contributed by atoms with van der Waals surface area (Å²) in [4.78, 5) is 0. The van der Waals surface area contributed by atoms with Gasteiger partial charge in [-0.05, 0) is 41.1 Å². The topological polar surface area (TPSA) is 28.7 Å². The number of benzene rings is 4. The number of nitriles is 1. The van der Waals surface area contributed by atoms with E-state index in [-0.39, 0.29) is 0 Å². The Morgan fingerprint density at radius 2 is 1.32 bits per heavy atom. The quantitative estimate of drug-likeness (QED) is 0.383. The van der Waals surface area contributed by atoms with Gasteiger partial charge in [0.25, 0.3) is 0 Å². The third-order valence-corrected chi connectivity index (χ3v) is 4.81. The number of hydrogen-bond acceptors (Lipinski definition) is 1. The third-order valence-electron chi connectivity index (χ3n) is 4.81. The van der Waals surface area contributed by atoms with E-state index in [1.807, 2.05) is 30.3 Å². The van der Waals surface area contributed by atoms with Crippen LogP contribution in [0.3, 0.4) is 0 Å². The molecule has 0 amide bonds. The van der Waals surface area contributed by atoms with Crippen LogP contribution in [0, 0.1) is 11.3 Å². The van der Waals surface area contributed by atoms with Crippen LogP contribution in [-0.2, 0) is 0 Å². The minimum atomic E-state index is 0.679. The van der Waals surface area contributed by atoms with Gasteiger partial charge >= 0.3 is 0 Å². The van der Waals surface area contributed by atoms with Crippen LogP contribution in [0.2, 0.25) is 0 Å². The maximum Gasteiger partial charge on any atom is 0.101 e. The Hall–Kier alpha value is -3.57. The van der Waals surface area contributed by atoms with E-state index in [1.165, 1.54) is 21.5 Å². The van der Waals surface area contributed by atoms with Crippen molar-refractivity contribution in [2.24, 2.45) is 0 Å². The Morgan fingerprint density at radius 1 is 0.640 bits per heavy atom. The normalized spacial score (nSPS) is 11.2. The van der Waals surface area contributed by atoms with E-state index in [1.54, 1.807) is 0 Å². The lowest BCUT2D eigenvalue weighted by atomic mass is 10.1. The molecule has 25 heavy (non-hydrogen) atoms. The van der Waals surface area contributed by atoms with Crippen LogP contribution in [0.1, 0.15) is 5.56 Å².